The van der Waals surface area contributed by atoms with E-state index in [-0.39, 0.29) is 5.69 Å². The van der Waals surface area contributed by atoms with Gasteiger partial charge in [-0.3, -0.25) is 15.1 Å². The second-order valence-electron chi connectivity index (χ2n) is 3.57. The van der Waals surface area contributed by atoms with E-state index in [1.54, 1.807) is 30.2 Å². The molecule has 2 aromatic heterocycles. The first kappa shape index (κ1) is 12.5. The average molecular weight is 261 g/mol. The van der Waals surface area contributed by atoms with Gasteiger partial charge in [0.1, 0.15) is 6.20 Å². The normalized spacial score (nSPS) is 10.2. The van der Waals surface area contributed by atoms with E-state index in [9.17, 15) is 10.1 Å². The quantitative estimate of drug-likeness (QED) is 0.470. The fourth-order valence-corrected chi connectivity index (χ4v) is 2.23. The minimum absolute atomic E-state index is 0.0217. The Morgan fingerprint density at radius 3 is 2.61 bits per heavy atom. The molecule has 6 heteroatoms. The Balaban J connectivity index is 1.85. The van der Waals surface area contributed by atoms with Crippen LogP contribution in [0.3, 0.4) is 0 Å². The molecule has 0 aliphatic heterocycles. The van der Waals surface area contributed by atoms with E-state index >= 15 is 0 Å². The standard InChI is InChI=1S/C12H11N3O2S/c16-15(17)11-1-2-12(14-9-11)18-8-5-10-3-6-13-7-4-10/h1-4,6-7,9H,5,8H2. The fourth-order valence-electron chi connectivity index (χ4n) is 1.39. The molecular weight excluding hydrogens is 250 g/mol. The van der Waals surface area contributed by atoms with Gasteiger partial charge in [0.2, 0.25) is 0 Å². The number of rotatable bonds is 5. The van der Waals surface area contributed by atoms with Crippen LogP contribution in [0, 0.1) is 10.1 Å². The molecule has 0 saturated carbocycles. The molecule has 0 aliphatic carbocycles. The molecule has 0 amide bonds. The van der Waals surface area contributed by atoms with Crippen molar-refractivity contribution in [1.29, 1.82) is 0 Å². The molecular formula is C12H11N3O2S. The van der Waals surface area contributed by atoms with Crippen molar-refractivity contribution in [2.45, 2.75) is 11.4 Å². The smallest absolute Gasteiger partial charge is 0.265 e. The summed E-state index contributed by atoms with van der Waals surface area (Å²) in [7, 11) is 0. The summed E-state index contributed by atoms with van der Waals surface area (Å²) in [5.74, 6) is 0.884. The van der Waals surface area contributed by atoms with Crippen molar-refractivity contribution in [3.8, 4) is 0 Å². The molecule has 0 fully saturated rings. The van der Waals surface area contributed by atoms with E-state index in [0.717, 1.165) is 17.2 Å². The summed E-state index contributed by atoms with van der Waals surface area (Å²) < 4.78 is 0. The highest BCUT2D eigenvalue weighted by Gasteiger charge is 2.05. The summed E-state index contributed by atoms with van der Waals surface area (Å²) in [6.07, 6.45) is 5.74. The van der Waals surface area contributed by atoms with E-state index in [1.807, 2.05) is 12.1 Å². The van der Waals surface area contributed by atoms with Crippen LogP contribution in [0.4, 0.5) is 5.69 Å². The summed E-state index contributed by atoms with van der Waals surface area (Å²) in [6.45, 7) is 0. The SMILES string of the molecule is O=[N+]([O-])c1ccc(SCCc2ccncc2)nc1. The van der Waals surface area contributed by atoms with Crippen molar-refractivity contribution >= 4 is 17.4 Å². The van der Waals surface area contributed by atoms with Crippen LogP contribution in [0.1, 0.15) is 5.56 Å². The zero-order valence-electron chi connectivity index (χ0n) is 9.52. The number of hydrogen-bond acceptors (Lipinski definition) is 5. The van der Waals surface area contributed by atoms with Crippen LogP contribution >= 0.6 is 11.8 Å². The lowest BCUT2D eigenvalue weighted by Gasteiger charge is -2.01. The molecule has 2 aromatic rings. The van der Waals surface area contributed by atoms with Crippen molar-refractivity contribution < 1.29 is 4.92 Å². The molecule has 0 spiro atoms. The van der Waals surface area contributed by atoms with Crippen molar-refractivity contribution in [3.05, 3.63) is 58.5 Å². The number of aryl methyl sites for hydroxylation is 1. The molecule has 92 valence electrons. The van der Waals surface area contributed by atoms with Crippen LogP contribution in [0.15, 0.2) is 47.9 Å². The molecule has 0 N–H and O–H groups in total. The van der Waals surface area contributed by atoms with Gasteiger partial charge >= 0.3 is 0 Å². The van der Waals surface area contributed by atoms with Gasteiger partial charge in [0.25, 0.3) is 5.69 Å². The zero-order chi connectivity index (χ0) is 12.8. The van der Waals surface area contributed by atoms with Gasteiger partial charge in [-0.15, -0.1) is 11.8 Å². The molecule has 18 heavy (non-hydrogen) atoms. The predicted octanol–water partition coefficient (Wildman–Crippen LogP) is 2.72. The molecule has 2 heterocycles. The van der Waals surface area contributed by atoms with Gasteiger partial charge in [-0.25, -0.2) is 4.98 Å². The van der Waals surface area contributed by atoms with Crippen LogP contribution in [0.2, 0.25) is 0 Å². The van der Waals surface area contributed by atoms with Crippen LogP contribution in [0.25, 0.3) is 0 Å². The third-order valence-electron chi connectivity index (χ3n) is 2.32. The monoisotopic (exact) mass is 261 g/mol. The summed E-state index contributed by atoms with van der Waals surface area (Å²) in [6, 6.07) is 7.10. The Morgan fingerprint density at radius 1 is 1.22 bits per heavy atom. The van der Waals surface area contributed by atoms with Crippen LogP contribution < -0.4 is 0 Å². The summed E-state index contributed by atoms with van der Waals surface area (Å²) >= 11 is 1.58. The third kappa shape index (κ3) is 3.53. The fraction of sp³-hybridized carbons (Fsp3) is 0.167. The highest BCUT2D eigenvalue weighted by molar-refractivity contribution is 7.99. The molecule has 0 bridgehead atoms. The predicted molar refractivity (Wildman–Crippen MR) is 69.6 cm³/mol. The minimum Gasteiger partial charge on any atom is -0.265 e. The Labute approximate surface area is 108 Å². The van der Waals surface area contributed by atoms with Crippen LogP contribution in [-0.4, -0.2) is 20.6 Å². The lowest BCUT2D eigenvalue weighted by atomic mass is 10.2. The van der Waals surface area contributed by atoms with E-state index in [4.69, 9.17) is 0 Å². The lowest BCUT2D eigenvalue weighted by Crippen LogP contribution is -1.91. The molecule has 2 rings (SSSR count). The Kier molecular flexibility index (Phi) is 4.25. The van der Waals surface area contributed by atoms with E-state index in [1.165, 1.54) is 17.8 Å². The second kappa shape index (κ2) is 6.11. The number of hydrogen-bond donors (Lipinski definition) is 0. The summed E-state index contributed by atoms with van der Waals surface area (Å²) in [5.41, 5.74) is 1.24. The highest BCUT2D eigenvalue weighted by Crippen LogP contribution is 2.19. The second-order valence-corrected chi connectivity index (χ2v) is 4.68. The number of pyridine rings is 2. The zero-order valence-corrected chi connectivity index (χ0v) is 10.3. The molecule has 0 aromatic carbocycles. The van der Waals surface area contributed by atoms with Gasteiger partial charge in [-0.05, 0) is 30.2 Å². The van der Waals surface area contributed by atoms with Gasteiger partial charge in [0, 0.05) is 24.2 Å². The molecule has 0 atom stereocenters. The van der Waals surface area contributed by atoms with Gasteiger partial charge in [0.05, 0.1) is 9.95 Å². The highest BCUT2D eigenvalue weighted by atomic mass is 32.2. The number of aromatic nitrogens is 2. The largest absolute Gasteiger partial charge is 0.287 e. The van der Waals surface area contributed by atoms with Crippen molar-refractivity contribution in [3.63, 3.8) is 0 Å². The topological polar surface area (TPSA) is 68.9 Å². The molecule has 0 unspecified atom stereocenters. The molecule has 0 saturated heterocycles. The maximum atomic E-state index is 10.5. The first-order valence-corrected chi connectivity index (χ1v) is 6.36. The van der Waals surface area contributed by atoms with Crippen molar-refractivity contribution in [2.75, 3.05) is 5.75 Å². The first-order chi connectivity index (χ1) is 8.75. The molecule has 5 nitrogen and oxygen atoms in total. The Morgan fingerprint density at radius 2 is 2.00 bits per heavy atom. The number of nitro groups is 1. The summed E-state index contributed by atoms with van der Waals surface area (Å²) in [4.78, 5) is 18.0. The van der Waals surface area contributed by atoms with Gasteiger partial charge in [0.15, 0.2) is 0 Å². The Hall–Kier alpha value is -1.95. The Bertz CT molecular complexity index is 517. The van der Waals surface area contributed by atoms with E-state index in [0.29, 0.717) is 0 Å². The molecule has 0 radical (unpaired) electrons. The van der Waals surface area contributed by atoms with E-state index < -0.39 is 4.92 Å². The maximum absolute atomic E-state index is 10.5. The van der Waals surface area contributed by atoms with Crippen LogP contribution in [-0.2, 0) is 6.42 Å². The minimum atomic E-state index is -0.446. The van der Waals surface area contributed by atoms with Crippen molar-refractivity contribution in [2.24, 2.45) is 0 Å². The van der Waals surface area contributed by atoms with Gasteiger partial charge < -0.3 is 0 Å². The first-order valence-electron chi connectivity index (χ1n) is 5.38. The van der Waals surface area contributed by atoms with Crippen molar-refractivity contribution in [1.82, 2.24) is 9.97 Å². The van der Waals surface area contributed by atoms with Gasteiger partial charge in [-0.1, -0.05) is 0 Å². The summed E-state index contributed by atoms with van der Waals surface area (Å²) in [5, 5.41) is 11.3. The number of thioether (sulfide) groups is 1. The molecule has 0 aliphatic rings. The lowest BCUT2D eigenvalue weighted by molar-refractivity contribution is -0.385. The maximum Gasteiger partial charge on any atom is 0.287 e. The third-order valence-corrected chi connectivity index (χ3v) is 3.27. The van der Waals surface area contributed by atoms with E-state index in [2.05, 4.69) is 9.97 Å². The van der Waals surface area contributed by atoms with Crippen LogP contribution in [0.5, 0.6) is 0 Å². The number of nitrogens with zero attached hydrogens (tertiary/aromatic N) is 3. The van der Waals surface area contributed by atoms with Gasteiger partial charge in [-0.2, -0.15) is 0 Å². The average Bonchev–Trinajstić information content (AvgIpc) is 2.40.